The second kappa shape index (κ2) is 3.79. The van der Waals surface area contributed by atoms with Crippen LogP contribution in [0.3, 0.4) is 0 Å². The maximum Gasteiger partial charge on any atom is 0.0470 e. The number of allylic oxidation sites excluding steroid dienone is 4. The fraction of sp³-hybridized carbons (Fsp3) is 0.714. The molecule has 1 N–H and O–H groups in total. The highest BCUT2D eigenvalue weighted by Gasteiger charge is 2.48. The van der Waals surface area contributed by atoms with E-state index in [4.69, 9.17) is 0 Å². The van der Waals surface area contributed by atoms with Crippen LogP contribution in [0, 0.1) is 29.6 Å². The zero-order chi connectivity index (χ0) is 10.3. The smallest absolute Gasteiger partial charge is 0.0470 e. The van der Waals surface area contributed by atoms with E-state index in [2.05, 4.69) is 24.3 Å². The zero-order valence-electron chi connectivity index (χ0n) is 9.18. The van der Waals surface area contributed by atoms with Crippen molar-refractivity contribution < 1.29 is 5.11 Å². The van der Waals surface area contributed by atoms with Gasteiger partial charge in [0.2, 0.25) is 0 Å². The number of rotatable bonds is 1. The largest absolute Gasteiger partial charge is 0.396 e. The molecule has 0 bridgehead atoms. The lowest BCUT2D eigenvalue weighted by atomic mass is 9.77. The summed E-state index contributed by atoms with van der Waals surface area (Å²) in [5.41, 5.74) is 0. The molecule has 0 amide bonds. The molecule has 3 aliphatic rings. The van der Waals surface area contributed by atoms with Crippen molar-refractivity contribution in [2.45, 2.75) is 25.7 Å². The van der Waals surface area contributed by atoms with Crippen molar-refractivity contribution in [2.24, 2.45) is 29.6 Å². The molecule has 82 valence electrons. The Hall–Kier alpha value is -0.560. The average Bonchev–Trinajstić information content (AvgIpc) is 2.63. The highest BCUT2D eigenvalue weighted by molar-refractivity contribution is 5.14. The SMILES string of the molecule is OCC1C2C=CCCC2C2CCC=C[C@H]12. The van der Waals surface area contributed by atoms with Crippen LogP contribution in [0.25, 0.3) is 0 Å². The summed E-state index contributed by atoms with van der Waals surface area (Å²) in [6.45, 7) is 0.372. The third-order valence-corrected chi connectivity index (χ3v) is 4.79. The first-order valence-electron chi connectivity index (χ1n) is 6.36. The summed E-state index contributed by atoms with van der Waals surface area (Å²) < 4.78 is 0. The molecule has 1 heteroatoms. The van der Waals surface area contributed by atoms with E-state index in [1.165, 1.54) is 25.7 Å². The summed E-state index contributed by atoms with van der Waals surface area (Å²) >= 11 is 0. The molecule has 0 aromatic carbocycles. The number of aliphatic hydroxyl groups excluding tert-OH is 1. The minimum Gasteiger partial charge on any atom is -0.396 e. The molecule has 1 nitrogen and oxygen atoms in total. The first kappa shape index (κ1) is 9.65. The number of hydrogen-bond acceptors (Lipinski definition) is 1. The van der Waals surface area contributed by atoms with Gasteiger partial charge in [0.25, 0.3) is 0 Å². The van der Waals surface area contributed by atoms with E-state index < -0.39 is 0 Å². The van der Waals surface area contributed by atoms with Crippen molar-refractivity contribution in [3.05, 3.63) is 24.3 Å². The molecule has 1 saturated carbocycles. The second-order valence-electron chi connectivity index (χ2n) is 5.34. The standard InChI is InChI=1S/C14H20O/c15-9-14-12-7-3-1-5-10(12)11-6-2-4-8-13(11)14/h3-4,7-8,10-15H,1-2,5-6,9H2/t10?,11?,12-,13?,14?/m0/s1. The third kappa shape index (κ3) is 1.40. The fourth-order valence-corrected chi connectivity index (χ4v) is 4.17. The van der Waals surface area contributed by atoms with Gasteiger partial charge in [-0.1, -0.05) is 24.3 Å². The molecular weight excluding hydrogens is 184 g/mol. The summed E-state index contributed by atoms with van der Waals surface area (Å²) in [5.74, 6) is 3.57. The molecular formula is C14H20O. The van der Waals surface area contributed by atoms with Crippen LogP contribution in [-0.2, 0) is 0 Å². The number of fused-ring (bicyclic) bond motifs is 3. The summed E-state index contributed by atoms with van der Waals surface area (Å²) in [6, 6.07) is 0. The van der Waals surface area contributed by atoms with Gasteiger partial charge in [0.15, 0.2) is 0 Å². The minimum atomic E-state index is 0.372. The van der Waals surface area contributed by atoms with Crippen molar-refractivity contribution in [1.29, 1.82) is 0 Å². The Labute approximate surface area is 91.9 Å². The van der Waals surface area contributed by atoms with Crippen molar-refractivity contribution in [1.82, 2.24) is 0 Å². The normalized spacial score (nSPS) is 47.7. The van der Waals surface area contributed by atoms with Crippen LogP contribution in [0.2, 0.25) is 0 Å². The van der Waals surface area contributed by atoms with E-state index in [-0.39, 0.29) is 0 Å². The van der Waals surface area contributed by atoms with Crippen molar-refractivity contribution in [3.63, 3.8) is 0 Å². The Morgan fingerprint density at radius 2 is 1.47 bits per heavy atom. The molecule has 0 heterocycles. The quantitative estimate of drug-likeness (QED) is 0.651. The fourth-order valence-electron chi connectivity index (χ4n) is 4.17. The molecule has 0 saturated heterocycles. The molecule has 0 radical (unpaired) electrons. The molecule has 0 aliphatic heterocycles. The Morgan fingerprint density at radius 3 is 1.93 bits per heavy atom. The van der Waals surface area contributed by atoms with E-state index in [1.807, 2.05) is 0 Å². The predicted molar refractivity (Wildman–Crippen MR) is 61.3 cm³/mol. The van der Waals surface area contributed by atoms with Crippen LogP contribution in [0.5, 0.6) is 0 Å². The van der Waals surface area contributed by atoms with Crippen LogP contribution >= 0.6 is 0 Å². The van der Waals surface area contributed by atoms with Gasteiger partial charge in [-0.2, -0.15) is 0 Å². The van der Waals surface area contributed by atoms with Gasteiger partial charge in [0.05, 0.1) is 0 Å². The van der Waals surface area contributed by atoms with Crippen molar-refractivity contribution in [2.75, 3.05) is 6.61 Å². The van der Waals surface area contributed by atoms with Gasteiger partial charge in [-0.15, -0.1) is 0 Å². The highest BCUT2D eigenvalue weighted by Crippen LogP contribution is 2.53. The molecule has 1 fully saturated rings. The van der Waals surface area contributed by atoms with Crippen LogP contribution in [-0.4, -0.2) is 11.7 Å². The molecule has 15 heavy (non-hydrogen) atoms. The summed E-state index contributed by atoms with van der Waals surface area (Å²) in [6.07, 6.45) is 14.6. The molecule has 0 aromatic rings. The van der Waals surface area contributed by atoms with Gasteiger partial charge < -0.3 is 5.11 Å². The maximum atomic E-state index is 9.58. The van der Waals surface area contributed by atoms with Crippen molar-refractivity contribution >= 4 is 0 Å². The summed E-state index contributed by atoms with van der Waals surface area (Å²) in [7, 11) is 0. The van der Waals surface area contributed by atoms with Gasteiger partial charge in [0.1, 0.15) is 0 Å². The lowest BCUT2D eigenvalue weighted by Gasteiger charge is -2.28. The van der Waals surface area contributed by atoms with E-state index in [1.54, 1.807) is 0 Å². The average molecular weight is 204 g/mol. The van der Waals surface area contributed by atoms with Gasteiger partial charge in [-0.25, -0.2) is 0 Å². The first-order valence-corrected chi connectivity index (χ1v) is 6.36. The van der Waals surface area contributed by atoms with E-state index in [0.717, 1.165) is 11.8 Å². The first-order chi connectivity index (χ1) is 7.42. The third-order valence-electron chi connectivity index (χ3n) is 4.79. The molecule has 3 rings (SSSR count). The lowest BCUT2D eigenvalue weighted by Crippen LogP contribution is -2.20. The monoisotopic (exact) mass is 204 g/mol. The summed E-state index contributed by atoms with van der Waals surface area (Å²) in [5, 5.41) is 9.58. The van der Waals surface area contributed by atoms with Crippen LogP contribution < -0.4 is 0 Å². The summed E-state index contributed by atoms with van der Waals surface area (Å²) in [4.78, 5) is 0. The molecule has 0 spiro atoms. The zero-order valence-corrected chi connectivity index (χ0v) is 9.18. The Bertz CT molecular complexity index is 264. The van der Waals surface area contributed by atoms with Gasteiger partial charge >= 0.3 is 0 Å². The highest BCUT2D eigenvalue weighted by atomic mass is 16.3. The Morgan fingerprint density at radius 1 is 0.933 bits per heavy atom. The van der Waals surface area contributed by atoms with E-state index in [9.17, 15) is 5.11 Å². The maximum absolute atomic E-state index is 9.58. The van der Waals surface area contributed by atoms with E-state index in [0.29, 0.717) is 24.4 Å². The predicted octanol–water partition coefficient (Wildman–Crippen LogP) is 2.77. The van der Waals surface area contributed by atoms with Gasteiger partial charge in [-0.05, 0) is 55.3 Å². The second-order valence-corrected chi connectivity index (χ2v) is 5.34. The van der Waals surface area contributed by atoms with Crippen LogP contribution in [0.15, 0.2) is 24.3 Å². The Balaban J connectivity index is 1.93. The number of hydrogen-bond donors (Lipinski definition) is 1. The van der Waals surface area contributed by atoms with Gasteiger partial charge in [0, 0.05) is 6.61 Å². The number of aliphatic hydroxyl groups is 1. The minimum absolute atomic E-state index is 0.372. The van der Waals surface area contributed by atoms with Gasteiger partial charge in [-0.3, -0.25) is 0 Å². The Kier molecular flexibility index (Phi) is 2.44. The molecule has 4 unspecified atom stereocenters. The molecule has 0 aromatic heterocycles. The topological polar surface area (TPSA) is 20.2 Å². The lowest BCUT2D eigenvalue weighted by molar-refractivity contribution is 0.178. The van der Waals surface area contributed by atoms with Crippen molar-refractivity contribution in [3.8, 4) is 0 Å². The molecule has 3 aliphatic carbocycles. The van der Waals surface area contributed by atoms with Crippen LogP contribution in [0.4, 0.5) is 0 Å². The van der Waals surface area contributed by atoms with Crippen LogP contribution in [0.1, 0.15) is 25.7 Å². The molecule has 5 atom stereocenters. The van der Waals surface area contributed by atoms with E-state index >= 15 is 0 Å².